The maximum atomic E-state index is 13.5. The van der Waals surface area contributed by atoms with Crippen LogP contribution in [0, 0.1) is 11.6 Å². The smallest absolute Gasteiger partial charge is 0.263 e. The number of hydrazine groups is 1. The number of aromatic nitrogens is 1. The van der Waals surface area contributed by atoms with E-state index in [1.54, 1.807) is 0 Å². The van der Waals surface area contributed by atoms with Crippen LogP contribution in [0.15, 0.2) is 35.4 Å². The molecule has 0 atom stereocenters. The van der Waals surface area contributed by atoms with Gasteiger partial charge in [0.2, 0.25) is 0 Å². The lowest BCUT2D eigenvalue weighted by molar-refractivity contribution is 0.594. The first-order valence-corrected chi connectivity index (χ1v) is 7.29. The summed E-state index contributed by atoms with van der Waals surface area (Å²) in [4.78, 5) is 3.37. The lowest BCUT2D eigenvalue weighted by Crippen LogP contribution is -2.15. The van der Waals surface area contributed by atoms with E-state index in [0.717, 1.165) is 30.5 Å². The molecule has 0 spiro atoms. The molecule has 0 aliphatic heterocycles. The summed E-state index contributed by atoms with van der Waals surface area (Å²) in [5.41, 5.74) is 1.65. The van der Waals surface area contributed by atoms with Crippen molar-refractivity contribution in [2.45, 2.75) is 4.90 Å². The fourth-order valence-corrected chi connectivity index (χ4v) is 2.77. The number of nitrogens with two attached hydrogens (primary N) is 1. The van der Waals surface area contributed by atoms with Crippen LogP contribution in [0.25, 0.3) is 0 Å². The molecule has 4 N–H and O–H groups in total. The number of hydrogen-bond donors (Lipinski definition) is 3. The van der Waals surface area contributed by atoms with Crippen molar-refractivity contribution >= 4 is 33.1 Å². The summed E-state index contributed by atoms with van der Waals surface area (Å²) in [6, 6.07) is 3.47. The van der Waals surface area contributed by atoms with Gasteiger partial charge in [0.25, 0.3) is 10.0 Å². The molecule has 21 heavy (non-hydrogen) atoms. The second-order valence-corrected chi connectivity index (χ2v) is 5.97. The Bertz CT molecular complexity index is 786. The number of rotatable bonds is 4. The van der Waals surface area contributed by atoms with Gasteiger partial charge in [-0.25, -0.2) is 28.0 Å². The molecule has 1 aromatic carbocycles. The van der Waals surface area contributed by atoms with Gasteiger partial charge < -0.3 is 5.43 Å². The third kappa shape index (κ3) is 3.38. The molecule has 0 saturated carbocycles. The summed E-state index contributed by atoms with van der Waals surface area (Å²) < 4.78 is 52.5. The van der Waals surface area contributed by atoms with Gasteiger partial charge in [-0.15, -0.1) is 0 Å². The predicted octanol–water partition coefficient (Wildman–Crippen LogP) is 2.10. The predicted molar refractivity (Wildman–Crippen MR) is 74.2 cm³/mol. The second-order valence-electron chi connectivity index (χ2n) is 3.88. The van der Waals surface area contributed by atoms with Crippen molar-refractivity contribution in [2.24, 2.45) is 5.84 Å². The first-order valence-electron chi connectivity index (χ1n) is 5.43. The fraction of sp³-hybridized carbons (Fsp3) is 0. The van der Waals surface area contributed by atoms with E-state index in [1.165, 1.54) is 0 Å². The molecule has 2 rings (SSSR count). The average molecular weight is 335 g/mol. The number of sulfonamides is 1. The number of anilines is 2. The Morgan fingerprint density at radius 3 is 2.57 bits per heavy atom. The maximum absolute atomic E-state index is 13.5. The van der Waals surface area contributed by atoms with Crippen molar-refractivity contribution in [1.29, 1.82) is 0 Å². The second kappa shape index (κ2) is 5.80. The van der Waals surface area contributed by atoms with Crippen molar-refractivity contribution in [3.63, 3.8) is 0 Å². The van der Waals surface area contributed by atoms with Crippen molar-refractivity contribution in [3.8, 4) is 0 Å². The van der Waals surface area contributed by atoms with E-state index < -0.39 is 27.3 Å². The molecule has 2 aromatic rings. The number of hydrogen-bond acceptors (Lipinski definition) is 5. The molecule has 0 saturated heterocycles. The molecular formula is C11H9ClF2N4O2S. The zero-order valence-electron chi connectivity index (χ0n) is 10.3. The van der Waals surface area contributed by atoms with Crippen LogP contribution in [0.3, 0.4) is 0 Å². The highest BCUT2D eigenvalue weighted by Gasteiger charge is 2.18. The molecule has 0 aliphatic rings. The fourth-order valence-electron chi connectivity index (χ4n) is 1.45. The van der Waals surface area contributed by atoms with Crippen LogP contribution in [0.5, 0.6) is 0 Å². The van der Waals surface area contributed by atoms with Crippen LogP contribution >= 0.6 is 11.6 Å². The molecule has 6 nitrogen and oxygen atoms in total. The molecule has 0 fully saturated rings. The van der Waals surface area contributed by atoms with Gasteiger partial charge in [-0.1, -0.05) is 11.6 Å². The standard InChI is InChI=1S/C11H9ClF2N4O2S/c12-8-4-7(5-16-11(8)17-15)21(19,20)18-10-3-6(13)1-2-9(10)14/h1-5,18H,15H2,(H,16,17). The molecule has 1 heterocycles. The SMILES string of the molecule is NNc1ncc(S(=O)(=O)Nc2cc(F)ccc2F)cc1Cl. The normalized spacial score (nSPS) is 11.2. The Kier molecular flexibility index (Phi) is 4.26. The molecular weight excluding hydrogens is 326 g/mol. The average Bonchev–Trinajstić information content (AvgIpc) is 2.42. The van der Waals surface area contributed by atoms with Crippen LogP contribution in [0.2, 0.25) is 5.02 Å². The molecule has 1 aromatic heterocycles. The van der Waals surface area contributed by atoms with E-state index in [9.17, 15) is 17.2 Å². The number of halogens is 3. The van der Waals surface area contributed by atoms with E-state index in [1.807, 2.05) is 4.72 Å². The van der Waals surface area contributed by atoms with Crippen LogP contribution in [-0.2, 0) is 10.0 Å². The third-order valence-corrected chi connectivity index (χ3v) is 4.06. The Morgan fingerprint density at radius 1 is 1.24 bits per heavy atom. The number of pyridine rings is 1. The largest absolute Gasteiger partial charge is 0.307 e. The number of nitrogens with one attached hydrogen (secondary N) is 2. The maximum Gasteiger partial charge on any atom is 0.263 e. The summed E-state index contributed by atoms with van der Waals surface area (Å²) in [5, 5.41) is -0.0416. The van der Waals surface area contributed by atoms with Gasteiger partial charge in [0.15, 0.2) is 5.82 Å². The Hall–Kier alpha value is -1.97. The van der Waals surface area contributed by atoms with Gasteiger partial charge in [0, 0.05) is 12.3 Å². The zero-order valence-corrected chi connectivity index (χ0v) is 11.8. The lowest BCUT2D eigenvalue weighted by Gasteiger charge is -2.10. The molecule has 0 unspecified atom stereocenters. The van der Waals surface area contributed by atoms with Gasteiger partial charge in [-0.05, 0) is 18.2 Å². The van der Waals surface area contributed by atoms with Gasteiger partial charge in [0.1, 0.15) is 16.5 Å². The van der Waals surface area contributed by atoms with Crippen molar-refractivity contribution in [1.82, 2.24) is 4.98 Å². The molecule has 0 bridgehead atoms. The first-order chi connectivity index (χ1) is 9.83. The highest BCUT2D eigenvalue weighted by atomic mass is 35.5. The zero-order chi connectivity index (χ0) is 15.6. The molecule has 10 heteroatoms. The highest BCUT2D eigenvalue weighted by molar-refractivity contribution is 7.92. The van der Waals surface area contributed by atoms with Gasteiger partial charge >= 0.3 is 0 Å². The molecule has 0 amide bonds. The van der Waals surface area contributed by atoms with Crippen LogP contribution in [0.1, 0.15) is 0 Å². The number of nitrogens with zero attached hydrogens (tertiary/aromatic N) is 1. The van der Waals surface area contributed by atoms with E-state index in [-0.39, 0.29) is 15.7 Å². The van der Waals surface area contributed by atoms with Gasteiger partial charge in [0.05, 0.1) is 10.7 Å². The van der Waals surface area contributed by atoms with E-state index >= 15 is 0 Å². The summed E-state index contributed by atoms with van der Waals surface area (Å²) >= 11 is 5.76. The number of nitrogen functional groups attached to an aromatic ring is 1. The summed E-state index contributed by atoms with van der Waals surface area (Å²) in [6.07, 6.45) is 0.973. The number of benzene rings is 1. The quantitative estimate of drug-likeness (QED) is 0.587. The Morgan fingerprint density at radius 2 is 1.95 bits per heavy atom. The van der Waals surface area contributed by atoms with Crippen LogP contribution in [-0.4, -0.2) is 13.4 Å². The van der Waals surface area contributed by atoms with Crippen LogP contribution in [0.4, 0.5) is 20.3 Å². The van der Waals surface area contributed by atoms with Crippen molar-refractivity contribution < 1.29 is 17.2 Å². The topological polar surface area (TPSA) is 97.1 Å². The van der Waals surface area contributed by atoms with Gasteiger partial charge in [-0.2, -0.15) is 0 Å². The third-order valence-electron chi connectivity index (χ3n) is 2.44. The monoisotopic (exact) mass is 334 g/mol. The van der Waals surface area contributed by atoms with E-state index in [0.29, 0.717) is 0 Å². The Labute approximate surface area is 124 Å². The minimum atomic E-state index is -4.17. The van der Waals surface area contributed by atoms with Gasteiger partial charge in [-0.3, -0.25) is 4.72 Å². The lowest BCUT2D eigenvalue weighted by atomic mass is 10.3. The minimum absolute atomic E-state index is 0.0416. The van der Waals surface area contributed by atoms with E-state index in [4.69, 9.17) is 17.4 Å². The van der Waals surface area contributed by atoms with Crippen LogP contribution < -0.4 is 16.0 Å². The summed E-state index contributed by atoms with van der Waals surface area (Å²) in [6.45, 7) is 0. The van der Waals surface area contributed by atoms with E-state index in [2.05, 4.69) is 10.4 Å². The van der Waals surface area contributed by atoms with Crippen molar-refractivity contribution in [2.75, 3.05) is 10.1 Å². The first kappa shape index (κ1) is 15.4. The highest BCUT2D eigenvalue weighted by Crippen LogP contribution is 2.24. The van der Waals surface area contributed by atoms with Crippen molar-refractivity contribution in [3.05, 3.63) is 47.1 Å². The summed E-state index contributed by atoms with van der Waals surface area (Å²) in [7, 11) is -4.17. The minimum Gasteiger partial charge on any atom is -0.307 e. The molecule has 0 aliphatic carbocycles. The molecule has 112 valence electrons. The summed E-state index contributed by atoms with van der Waals surface area (Å²) in [5.74, 6) is 3.49. The Balaban J connectivity index is 2.38. The molecule has 0 radical (unpaired) electrons.